The van der Waals surface area contributed by atoms with E-state index in [0.717, 1.165) is 10.2 Å². The van der Waals surface area contributed by atoms with Crippen LogP contribution in [0.5, 0.6) is 11.6 Å². The maximum Gasteiger partial charge on any atom is 0.356 e. The number of aromatic carboxylic acids is 1. The maximum atomic E-state index is 13.1. The smallest absolute Gasteiger partial charge is 0.356 e. The second kappa shape index (κ2) is 13.7. The van der Waals surface area contributed by atoms with Crippen LogP contribution in [0.4, 0.5) is 5.69 Å². The van der Waals surface area contributed by atoms with E-state index < -0.39 is 21.7 Å². The Hall–Kier alpha value is -5.42. The third kappa shape index (κ3) is 7.69. The molecule has 4 aromatic carbocycles. The van der Waals surface area contributed by atoms with Crippen LogP contribution < -0.4 is 14.8 Å². The number of amides is 1. The highest BCUT2D eigenvalue weighted by atomic mass is 32.2. The maximum absolute atomic E-state index is 13.1. The first-order chi connectivity index (χ1) is 21.3. The Morgan fingerprint density at radius 1 is 0.773 bits per heavy atom. The number of carbonyl (C=O) groups excluding carboxylic acids is 1. The molecule has 44 heavy (non-hydrogen) atoms. The number of benzene rings is 4. The molecule has 2 N–H and O–H groups in total. The SMILES string of the molecule is O=C(Cn1nc(C(=O)O)cc1OCc1ccccc1CS(=O)(=O)c1ccccc1)Nc1ccccc1OCc1ccccc1. The Morgan fingerprint density at radius 2 is 1.41 bits per heavy atom. The van der Waals surface area contributed by atoms with Gasteiger partial charge in [0, 0.05) is 6.07 Å². The number of nitrogens with zero attached hydrogens (tertiary/aromatic N) is 2. The second-order valence-corrected chi connectivity index (χ2v) is 11.8. The fourth-order valence-corrected chi connectivity index (χ4v) is 5.83. The quantitative estimate of drug-likeness (QED) is 0.182. The number of carboxylic acid groups (broad SMARTS) is 1. The van der Waals surface area contributed by atoms with Crippen molar-refractivity contribution in [1.29, 1.82) is 0 Å². The summed E-state index contributed by atoms with van der Waals surface area (Å²) >= 11 is 0. The number of rotatable bonds is 13. The molecule has 224 valence electrons. The first-order valence-corrected chi connectivity index (χ1v) is 15.3. The summed E-state index contributed by atoms with van der Waals surface area (Å²) in [4.78, 5) is 25.0. The molecule has 0 aliphatic carbocycles. The predicted molar refractivity (Wildman–Crippen MR) is 163 cm³/mol. The molecule has 0 aliphatic heterocycles. The molecule has 0 saturated heterocycles. The van der Waals surface area contributed by atoms with Gasteiger partial charge in [-0.15, -0.1) is 0 Å². The molecule has 0 aliphatic rings. The lowest BCUT2D eigenvalue weighted by molar-refractivity contribution is -0.117. The van der Waals surface area contributed by atoms with Crippen LogP contribution in [0.2, 0.25) is 0 Å². The molecule has 1 heterocycles. The van der Waals surface area contributed by atoms with Gasteiger partial charge < -0.3 is 19.9 Å². The molecule has 0 spiro atoms. The number of anilines is 1. The van der Waals surface area contributed by atoms with Crippen LogP contribution in [-0.2, 0) is 40.1 Å². The number of hydrogen-bond donors (Lipinski definition) is 2. The lowest BCUT2D eigenvalue weighted by atomic mass is 10.1. The van der Waals surface area contributed by atoms with E-state index in [1.54, 1.807) is 78.9 Å². The van der Waals surface area contributed by atoms with E-state index in [1.807, 2.05) is 30.3 Å². The molecule has 5 rings (SSSR count). The van der Waals surface area contributed by atoms with E-state index in [-0.39, 0.29) is 35.4 Å². The Morgan fingerprint density at radius 3 is 2.14 bits per heavy atom. The summed E-state index contributed by atoms with van der Waals surface area (Å²) in [6.45, 7) is -0.121. The van der Waals surface area contributed by atoms with Gasteiger partial charge in [-0.1, -0.05) is 84.9 Å². The average molecular weight is 612 g/mol. The Labute approximate surface area is 254 Å². The summed E-state index contributed by atoms with van der Waals surface area (Å²) in [7, 11) is -3.62. The number of hydrogen-bond acceptors (Lipinski definition) is 7. The topological polar surface area (TPSA) is 137 Å². The van der Waals surface area contributed by atoms with Crippen molar-refractivity contribution in [2.24, 2.45) is 0 Å². The molecule has 1 aromatic heterocycles. The van der Waals surface area contributed by atoms with E-state index in [9.17, 15) is 23.1 Å². The lowest BCUT2D eigenvalue weighted by Gasteiger charge is -2.14. The Kier molecular flexibility index (Phi) is 9.36. The molecule has 0 radical (unpaired) electrons. The number of ether oxygens (including phenoxy) is 2. The van der Waals surface area contributed by atoms with Crippen molar-refractivity contribution in [1.82, 2.24) is 9.78 Å². The number of nitrogens with one attached hydrogen (secondary N) is 1. The molecule has 10 nitrogen and oxygen atoms in total. The standard InChI is InChI=1S/C33H29N3O7S/c37-31(34-28-17-9-10-18-30(28)42-21-24-11-3-1-4-12-24)20-36-32(19-29(35-36)33(38)39)43-22-25-13-7-8-14-26(25)23-44(40,41)27-15-5-2-6-16-27/h1-19H,20-23H2,(H,34,37)(H,38,39). The van der Waals surface area contributed by atoms with E-state index in [2.05, 4.69) is 10.4 Å². The van der Waals surface area contributed by atoms with E-state index >= 15 is 0 Å². The predicted octanol–water partition coefficient (Wildman–Crippen LogP) is 5.35. The largest absolute Gasteiger partial charge is 0.487 e. The van der Waals surface area contributed by atoms with Crippen LogP contribution >= 0.6 is 0 Å². The molecular weight excluding hydrogens is 582 g/mol. The molecule has 0 saturated carbocycles. The molecule has 0 bridgehead atoms. The number of carbonyl (C=O) groups is 2. The number of sulfone groups is 1. The van der Waals surface area contributed by atoms with Crippen molar-refractivity contribution in [3.8, 4) is 11.6 Å². The molecular formula is C33H29N3O7S. The van der Waals surface area contributed by atoms with Crippen molar-refractivity contribution in [3.05, 3.63) is 138 Å². The van der Waals surface area contributed by atoms with Gasteiger partial charge in [-0.2, -0.15) is 5.10 Å². The molecule has 5 aromatic rings. The summed E-state index contributed by atoms with van der Waals surface area (Å²) in [6.07, 6.45) is 0. The van der Waals surface area contributed by atoms with Gasteiger partial charge in [0.15, 0.2) is 15.5 Å². The highest BCUT2D eigenvalue weighted by Gasteiger charge is 2.20. The fourth-order valence-electron chi connectivity index (χ4n) is 4.40. The van der Waals surface area contributed by atoms with Crippen LogP contribution in [0.25, 0.3) is 0 Å². The van der Waals surface area contributed by atoms with Gasteiger partial charge >= 0.3 is 5.97 Å². The minimum Gasteiger partial charge on any atom is -0.487 e. The van der Waals surface area contributed by atoms with Crippen molar-refractivity contribution in [2.45, 2.75) is 30.4 Å². The van der Waals surface area contributed by atoms with Crippen molar-refractivity contribution < 1.29 is 32.6 Å². The zero-order valence-corrected chi connectivity index (χ0v) is 24.3. The van der Waals surface area contributed by atoms with Gasteiger partial charge in [0.2, 0.25) is 11.8 Å². The molecule has 1 amide bonds. The Bertz CT molecular complexity index is 1860. The van der Waals surface area contributed by atoms with Gasteiger partial charge in [0.25, 0.3) is 0 Å². The average Bonchev–Trinajstić information content (AvgIpc) is 3.43. The highest BCUT2D eigenvalue weighted by Crippen LogP contribution is 2.26. The Balaban J connectivity index is 1.29. The monoisotopic (exact) mass is 611 g/mol. The highest BCUT2D eigenvalue weighted by molar-refractivity contribution is 7.90. The molecule has 0 fully saturated rings. The second-order valence-electron chi connectivity index (χ2n) is 9.78. The number of aromatic nitrogens is 2. The first kappa shape index (κ1) is 30.1. The normalized spacial score (nSPS) is 11.1. The minimum absolute atomic E-state index is 0.0342. The van der Waals surface area contributed by atoms with Crippen LogP contribution in [0.15, 0.2) is 120 Å². The zero-order chi connectivity index (χ0) is 30.9. The summed E-state index contributed by atoms with van der Waals surface area (Å²) in [5, 5.41) is 16.3. The van der Waals surface area contributed by atoms with Crippen molar-refractivity contribution in [2.75, 3.05) is 5.32 Å². The summed E-state index contributed by atoms with van der Waals surface area (Å²) < 4.78 is 39.0. The third-order valence-corrected chi connectivity index (χ3v) is 8.28. The van der Waals surface area contributed by atoms with Gasteiger partial charge in [-0.3, -0.25) is 4.79 Å². The molecule has 11 heteroatoms. The van der Waals surface area contributed by atoms with E-state index in [4.69, 9.17) is 9.47 Å². The summed E-state index contributed by atoms with van der Waals surface area (Å²) in [6, 6.07) is 32.9. The number of carboxylic acids is 1. The molecule has 0 atom stereocenters. The van der Waals surface area contributed by atoms with Crippen LogP contribution in [-0.4, -0.2) is 35.2 Å². The van der Waals surface area contributed by atoms with Crippen molar-refractivity contribution >= 4 is 27.4 Å². The van der Waals surface area contributed by atoms with Crippen molar-refractivity contribution in [3.63, 3.8) is 0 Å². The van der Waals surface area contributed by atoms with E-state index in [1.165, 1.54) is 6.07 Å². The number of para-hydroxylation sites is 2. The summed E-state index contributed by atoms with van der Waals surface area (Å²) in [5.74, 6) is -1.52. The lowest BCUT2D eigenvalue weighted by Crippen LogP contribution is -2.21. The molecule has 0 unspecified atom stereocenters. The fraction of sp³-hybridized carbons (Fsp3) is 0.121. The first-order valence-electron chi connectivity index (χ1n) is 13.6. The van der Waals surface area contributed by atoms with E-state index in [0.29, 0.717) is 29.2 Å². The van der Waals surface area contributed by atoms with Gasteiger partial charge in [-0.25, -0.2) is 17.9 Å². The van der Waals surface area contributed by atoms with Crippen LogP contribution in [0.3, 0.4) is 0 Å². The van der Waals surface area contributed by atoms with Crippen LogP contribution in [0.1, 0.15) is 27.2 Å². The van der Waals surface area contributed by atoms with Gasteiger partial charge in [0.05, 0.1) is 16.3 Å². The van der Waals surface area contributed by atoms with Gasteiger partial charge in [-0.05, 0) is 41.0 Å². The van der Waals surface area contributed by atoms with Gasteiger partial charge in [0.1, 0.15) is 25.5 Å². The zero-order valence-electron chi connectivity index (χ0n) is 23.5. The minimum atomic E-state index is -3.62. The van der Waals surface area contributed by atoms with Crippen LogP contribution in [0, 0.1) is 0 Å². The third-order valence-electron chi connectivity index (χ3n) is 6.60. The summed E-state index contributed by atoms with van der Waals surface area (Å²) in [5.41, 5.74) is 2.22.